The van der Waals surface area contributed by atoms with Gasteiger partial charge in [-0.2, -0.15) is 4.98 Å². The zero-order valence-electron chi connectivity index (χ0n) is 11.2. The molecule has 0 unspecified atom stereocenters. The van der Waals surface area contributed by atoms with Crippen LogP contribution in [0.3, 0.4) is 0 Å². The van der Waals surface area contributed by atoms with Crippen LogP contribution in [0, 0.1) is 26.6 Å². The van der Waals surface area contributed by atoms with Crippen LogP contribution in [0.1, 0.15) is 17.0 Å². The van der Waals surface area contributed by atoms with E-state index in [2.05, 4.69) is 15.1 Å². The highest BCUT2D eigenvalue weighted by Crippen LogP contribution is 2.34. The van der Waals surface area contributed by atoms with Crippen molar-refractivity contribution in [2.75, 3.05) is 0 Å². The van der Waals surface area contributed by atoms with Gasteiger partial charge in [0.25, 0.3) is 5.89 Å². The average molecular weight is 292 g/mol. The number of fused-ring (bicyclic) bond motifs is 1. The number of halogens is 2. The van der Waals surface area contributed by atoms with E-state index < -0.39 is 5.82 Å². The summed E-state index contributed by atoms with van der Waals surface area (Å²) in [7, 11) is 0. The van der Waals surface area contributed by atoms with Crippen molar-refractivity contribution in [2.24, 2.45) is 0 Å². The molecule has 0 spiro atoms. The van der Waals surface area contributed by atoms with Crippen LogP contribution < -0.4 is 0 Å². The fourth-order valence-electron chi connectivity index (χ4n) is 2.22. The van der Waals surface area contributed by atoms with Gasteiger partial charge >= 0.3 is 0 Å². The zero-order chi connectivity index (χ0) is 14.4. The van der Waals surface area contributed by atoms with Gasteiger partial charge in [0.05, 0.1) is 5.56 Å². The summed E-state index contributed by atoms with van der Waals surface area (Å²) in [5.41, 5.74) is 2.38. The molecule has 0 saturated heterocycles. The number of aryl methyl sites for hydroxylation is 3. The second-order valence-electron chi connectivity index (χ2n) is 4.69. The van der Waals surface area contributed by atoms with Crippen LogP contribution >= 0.6 is 11.6 Å². The number of rotatable bonds is 1. The SMILES string of the molecule is Cc1cc(F)c2nc(Cl)c(-c3nc(C)no3)c(C)c2c1. The Bertz CT molecular complexity index is 829. The largest absolute Gasteiger partial charge is 0.334 e. The van der Waals surface area contributed by atoms with Crippen LogP contribution in [0.2, 0.25) is 5.15 Å². The first kappa shape index (κ1) is 13.0. The Kier molecular flexibility index (Phi) is 2.94. The minimum absolute atomic E-state index is 0.154. The molecule has 0 amide bonds. The number of nitrogens with zero attached hydrogens (tertiary/aromatic N) is 3. The molecular formula is C14H11ClFN3O. The van der Waals surface area contributed by atoms with Gasteiger partial charge in [-0.15, -0.1) is 0 Å². The lowest BCUT2D eigenvalue weighted by Gasteiger charge is -2.09. The number of benzene rings is 1. The summed E-state index contributed by atoms with van der Waals surface area (Å²) in [4.78, 5) is 8.28. The topological polar surface area (TPSA) is 51.8 Å². The lowest BCUT2D eigenvalue weighted by atomic mass is 10.0. The van der Waals surface area contributed by atoms with Crippen molar-refractivity contribution in [1.29, 1.82) is 0 Å². The van der Waals surface area contributed by atoms with Crippen molar-refractivity contribution in [2.45, 2.75) is 20.8 Å². The summed E-state index contributed by atoms with van der Waals surface area (Å²) in [6, 6.07) is 3.30. The Balaban J connectivity index is 2.39. The van der Waals surface area contributed by atoms with E-state index in [1.54, 1.807) is 6.92 Å². The number of hydrogen-bond acceptors (Lipinski definition) is 4. The molecule has 3 rings (SSSR count). The van der Waals surface area contributed by atoms with E-state index in [9.17, 15) is 4.39 Å². The Morgan fingerprint density at radius 1 is 1.15 bits per heavy atom. The lowest BCUT2D eigenvalue weighted by Crippen LogP contribution is -1.95. The number of pyridine rings is 1. The Labute approximate surface area is 119 Å². The van der Waals surface area contributed by atoms with Crippen LogP contribution in [0.4, 0.5) is 4.39 Å². The molecule has 102 valence electrons. The van der Waals surface area contributed by atoms with Gasteiger partial charge in [0.15, 0.2) is 5.82 Å². The maximum Gasteiger partial charge on any atom is 0.261 e. The lowest BCUT2D eigenvalue weighted by molar-refractivity contribution is 0.425. The summed E-state index contributed by atoms with van der Waals surface area (Å²) in [5, 5.41) is 4.59. The number of aromatic nitrogens is 3. The highest BCUT2D eigenvalue weighted by molar-refractivity contribution is 6.32. The molecule has 0 bridgehead atoms. The van der Waals surface area contributed by atoms with Crippen molar-refractivity contribution in [3.8, 4) is 11.5 Å². The van der Waals surface area contributed by atoms with Crippen molar-refractivity contribution >= 4 is 22.5 Å². The van der Waals surface area contributed by atoms with Crippen molar-refractivity contribution in [1.82, 2.24) is 15.1 Å². The molecule has 0 saturated carbocycles. The molecule has 1 aromatic carbocycles. The first-order valence-electron chi connectivity index (χ1n) is 6.04. The summed E-state index contributed by atoms with van der Waals surface area (Å²) in [6.07, 6.45) is 0. The molecule has 2 aromatic heterocycles. The van der Waals surface area contributed by atoms with Crippen molar-refractivity contribution < 1.29 is 8.91 Å². The average Bonchev–Trinajstić information content (AvgIpc) is 2.78. The Morgan fingerprint density at radius 3 is 2.55 bits per heavy atom. The van der Waals surface area contributed by atoms with Gasteiger partial charge in [-0.1, -0.05) is 16.8 Å². The maximum absolute atomic E-state index is 14.0. The van der Waals surface area contributed by atoms with E-state index >= 15 is 0 Å². The third kappa shape index (κ3) is 1.94. The Morgan fingerprint density at radius 2 is 1.90 bits per heavy atom. The van der Waals surface area contributed by atoms with Crippen LogP contribution in [0.5, 0.6) is 0 Å². The van der Waals surface area contributed by atoms with Crippen LogP contribution in [-0.2, 0) is 0 Å². The highest BCUT2D eigenvalue weighted by atomic mass is 35.5. The van der Waals surface area contributed by atoms with E-state index in [0.29, 0.717) is 22.7 Å². The molecule has 6 heteroatoms. The molecule has 0 aliphatic heterocycles. The zero-order valence-corrected chi connectivity index (χ0v) is 11.9. The minimum atomic E-state index is -0.391. The van der Waals surface area contributed by atoms with Gasteiger partial charge in [-0.25, -0.2) is 9.37 Å². The summed E-state index contributed by atoms with van der Waals surface area (Å²) in [6.45, 7) is 5.38. The normalized spacial score (nSPS) is 11.2. The first-order valence-corrected chi connectivity index (χ1v) is 6.42. The van der Waals surface area contributed by atoms with Gasteiger partial charge in [0.1, 0.15) is 16.5 Å². The van der Waals surface area contributed by atoms with E-state index in [1.165, 1.54) is 6.07 Å². The first-order chi connectivity index (χ1) is 9.47. The third-order valence-corrected chi connectivity index (χ3v) is 3.42. The fraction of sp³-hybridized carbons (Fsp3) is 0.214. The molecule has 0 aliphatic carbocycles. The molecule has 0 radical (unpaired) electrons. The molecule has 2 heterocycles. The molecule has 3 aromatic rings. The smallest absolute Gasteiger partial charge is 0.261 e. The second kappa shape index (κ2) is 4.52. The molecule has 4 nitrogen and oxygen atoms in total. The van der Waals surface area contributed by atoms with Crippen LogP contribution in [-0.4, -0.2) is 15.1 Å². The molecule has 0 N–H and O–H groups in total. The molecule has 0 fully saturated rings. The van der Waals surface area contributed by atoms with Crippen LogP contribution in [0.25, 0.3) is 22.4 Å². The highest BCUT2D eigenvalue weighted by Gasteiger charge is 2.19. The molecule has 0 aliphatic rings. The maximum atomic E-state index is 14.0. The predicted octanol–water partition coefficient (Wildman–Crippen LogP) is 4.00. The van der Waals surface area contributed by atoms with Gasteiger partial charge < -0.3 is 4.52 Å². The van der Waals surface area contributed by atoms with Crippen LogP contribution in [0.15, 0.2) is 16.7 Å². The third-order valence-electron chi connectivity index (χ3n) is 3.14. The van der Waals surface area contributed by atoms with Crippen molar-refractivity contribution in [3.63, 3.8) is 0 Å². The van der Waals surface area contributed by atoms with Gasteiger partial charge in [0, 0.05) is 5.39 Å². The van der Waals surface area contributed by atoms with E-state index in [-0.39, 0.29) is 10.7 Å². The number of hydrogen-bond donors (Lipinski definition) is 0. The Hall–Kier alpha value is -2.01. The molecule has 20 heavy (non-hydrogen) atoms. The summed E-state index contributed by atoms with van der Waals surface area (Å²) in [5.74, 6) is 0.408. The summed E-state index contributed by atoms with van der Waals surface area (Å²) >= 11 is 6.16. The van der Waals surface area contributed by atoms with E-state index in [0.717, 1.165) is 11.1 Å². The summed E-state index contributed by atoms with van der Waals surface area (Å²) < 4.78 is 19.1. The fourth-order valence-corrected chi connectivity index (χ4v) is 2.53. The van der Waals surface area contributed by atoms with E-state index in [1.807, 2.05) is 19.9 Å². The predicted molar refractivity (Wildman–Crippen MR) is 74.2 cm³/mol. The van der Waals surface area contributed by atoms with Gasteiger partial charge in [-0.05, 0) is 44.0 Å². The van der Waals surface area contributed by atoms with Crippen molar-refractivity contribution in [3.05, 3.63) is 40.1 Å². The monoisotopic (exact) mass is 291 g/mol. The molecule has 0 atom stereocenters. The second-order valence-corrected chi connectivity index (χ2v) is 5.05. The van der Waals surface area contributed by atoms with Gasteiger partial charge in [0.2, 0.25) is 0 Å². The molecular weight excluding hydrogens is 281 g/mol. The standard InChI is InChI=1S/C14H11ClFN3O/c1-6-4-9-7(2)11(14-17-8(3)19-20-14)13(15)18-12(9)10(16)5-6/h4-5H,1-3H3. The van der Waals surface area contributed by atoms with Gasteiger partial charge in [-0.3, -0.25) is 0 Å². The van der Waals surface area contributed by atoms with E-state index in [4.69, 9.17) is 16.1 Å². The minimum Gasteiger partial charge on any atom is -0.334 e. The quantitative estimate of drug-likeness (QED) is 0.636.